The van der Waals surface area contributed by atoms with Gasteiger partial charge in [-0.2, -0.15) is 0 Å². The summed E-state index contributed by atoms with van der Waals surface area (Å²) < 4.78 is 43.8. The molecular formula is C9H18NO5S2-. The average Bonchev–Trinajstić information content (AvgIpc) is 2.24. The summed E-state index contributed by atoms with van der Waals surface area (Å²) in [6.07, 6.45) is 2.79. The Morgan fingerprint density at radius 1 is 1.41 bits per heavy atom. The van der Waals surface area contributed by atoms with E-state index in [1.165, 1.54) is 0 Å². The summed E-state index contributed by atoms with van der Waals surface area (Å²) in [5.74, 6) is -0.459. The van der Waals surface area contributed by atoms with Crippen molar-refractivity contribution in [1.82, 2.24) is 4.90 Å². The zero-order valence-corrected chi connectivity index (χ0v) is 11.2. The normalized spacial score (nSPS) is 13.8. The molecule has 0 aromatic carbocycles. The van der Waals surface area contributed by atoms with E-state index in [-0.39, 0.29) is 23.9 Å². The van der Waals surface area contributed by atoms with E-state index < -0.39 is 27.6 Å². The van der Waals surface area contributed by atoms with Gasteiger partial charge in [-0.25, -0.2) is 8.42 Å². The van der Waals surface area contributed by atoms with Gasteiger partial charge >= 0.3 is 0 Å². The second-order valence-corrected chi connectivity index (χ2v) is 6.72. The Hall–Kier alpha value is -0.280. The summed E-state index contributed by atoms with van der Waals surface area (Å²) in [5, 5.41) is 8.83. The van der Waals surface area contributed by atoms with E-state index in [1.54, 1.807) is 6.08 Å². The molecule has 0 saturated carbocycles. The van der Waals surface area contributed by atoms with Crippen LogP contribution in [-0.4, -0.2) is 57.8 Å². The minimum absolute atomic E-state index is 0.0148. The molecule has 0 spiro atoms. The lowest BCUT2D eigenvalue weighted by molar-refractivity contribution is 0.130. The number of sulfone groups is 1. The molecule has 1 atom stereocenters. The van der Waals surface area contributed by atoms with Crippen LogP contribution in [0.15, 0.2) is 12.7 Å². The lowest BCUT2D eigenvalue weighted by Gasteiger charge is -2.20. The molecule has 0 heterocycles. The first kappa shape index (κ1) is 16.7. The summed E-state index contributed by atoms with van der Waals surface area (Å²) in [7, 11) is -3.20. The van der Waals surface area contributed by atoms with Gasteiger partial charge in [-0.3, -0.25) is 9.11 Å². The van der Waals surface area contributed by atoms with Gasteiger partial charge in [0.05, 0.1) is 24.1 Å². The number of rotatable bonds is 10. The van der Waals surface area contributed by atoms with Crippen LogP contribution in [0.1, 0.15) is 12.8 Å². The van der Waals surface area contributed by atoms with Crippen molar-refractivity contribution in [2.75, 3.05) is 30.7 Å². The quantitative estimate of drug-likeness (QED) is 0.250. The molecule has 0 aliphatic carbocycles. The van der Waals surface area contributed by atoms with E-state index in [0.29, 0.717) is 12.8 Å². The van der Waals surface area contributed by atoms with Crippen molar-refractivity contribution in [3.8, 4) is 0 Å². The van der Waals surface area contributed by atoms with Crippen molar-refractivity contribution >= 4 is 20.9 Å². The molecule has 0 bridgehead atoms. The molecule has 0 aliphatic heterocycles. The van der Waals surface area contributed by atoms with Gasteiger partial charge in [-0.1, -0.05) is 6.08 Å². The van der Waals surface area contributed by atoms with Crippen LogP contribution >= 0.6 is 0 Å². The van der Waals surface area contributed by atoms with Crippen molar-refractivity contribution in [2.24, 2.45) is 0 Å². The maximum Gasteiger partial charge on any atom is 0.151 e. The van der Waals surface area contributed by atoms with Crippen LogP contribution in [0.2, 0.25) is 0 Å². The summed E-state index contributed by atoms with van der Waals surface area (Å²) in [5.41, 5.74) is 0. The lowest BCUT2D eigenvalue weighted by Crippen LogP contribution is -2.33. The highest BCUT2D eigenvalue weighted by Gasteiger charge is 2.13. The van der Waals surface area contributed by atoms with E-state index in [4.69, 9.17) is 5.11 Å². The van der Waals surface area contributed by atoms with E-state index in [9.17, 15) is 17.2 Å². The maximum atomic E-state index is 11.5. The highest BCUT2D eigenvalue weighted by atomic mass is 32.2. The van der Waals surface area contributed by atoms with Crippen molar-refractivity contribution in [1.29, 1.82) is 0 Å². The van der Waals surface area contributed by atoms with Gasteiger partial charge in [-0.15, -0.1) is 6.58 Å². The van der Waals surface area contributed by atoms with Gasteiger partial charge in [0.25, 0.3) is 0 Å². The molecule has 0 saturated heterocycles. The van der Waals surface area contributed by atoms with Gasteiger partial charge in [-0.05, 0) is 23.9 Å². The summed E-state index contributed by atoms with van der Waals surface area (Å²) >= 11 is -2.32. The molecule has 0 fully saturated rings. The first-order valence-electron chi connectivity index (χ1n) is 5.11. The smallest absolute Gasteiger partial charge is 0.151 e. The zero-order valence-electron chi connectivity index (χ0n) is 9.58. The number of unbranched alkanes of at least 4 members (excludes halogenated alkanes) is 1. The largest absolute Gasteiger partial charge is 0.771 e. The topological polar surface area (TPSA) is 97.7 Å². The fraction of sp³-hybridized carbons (Fsp3) is 0.778. The minimum Gasteiger partial charge on any atom is -0.771 e. The Labute approximate surface area is 105 Å². The molecule has 102 valence electrons. The molecule has 0 rings (SSSR count). The van der Waals surface area contributed by atoms with Crippen molar-refractivity contribution in [3.05, 3.63) is 12.7 Å². The highest BCUT2D eigenvalue weighted by Crippen LogP contribution is 2.00. The van der Waals surface area contributed by atoms with Gasteiger partial charge < -0.3 is 9.66 Å². The molecule has 0 radical (unpaired) electrons. The molecule has 0 aliphatic rings. The Bertz CT molecular complexity index is 341. The fourth-order valence-electron chi connectivity index (χ4n) is 1.14. The summed E-state index contributed by atoms with van der Waals surface area (Å²) in [6, 6.07) is 0. The van der Waals surface area contributed by atoms with Crippen LogP contribution in [0, 0.1) is 0 Å². The fourth-order valence-corrected chi connectivity index (χ4v) is 3.00. The molecule has 0 amide bonds. The predicted molar refractivity (Wildman–Crippen MR) is 65.7 cm³/mol. The standard InChI is InChI=1S/C9H19NO5S2/c1-2-3-4-6-17(14,15)7-5-10(8-11)9-16(12)13/h2,11H,1,3-9H2,(H,12,13)/p-1. The lowest BCUT2D eigenvalue weighted by atomic mass is 10.3. The maximum absolute atomic E-state index is 11.5. The van der Waals surface area contributed by atoms with E-state index in [1.807, 2.05) is 0 Å². The van der Waals surface area contributed by atoms with Crippen molar-refractivity contribution in [3.63, 3.8) is 0 Å². The Morgan fingerprint density at radius 2 is 2.06 bits per heavy atom. The molecule has 1 N–H and O–H groups in total. The van der Waals surface area contributed by atoms with Crippen LogP contribution < -0.4 is 0 Å². The van der Waals surface area contributed by atoms with Crippen LogP contribution in [0.25, 0.3) is 0 Å². The van der Waals surface area contributed by atoms with Crippen molar-refractivity contribution < 1.29 is 22.3 Å². The molecule has 8 heteroatoms. The molecule has 17 heavy (non-hydrogen) atoms. The minimum atomic E-state index is -3.20. The van der Waals surface area contributed by atoms with Crippen LogP contribution in [0.5, 0.6) is 0 Å². The first-order valence-corrected chi connectivity index (χ1v) is 8.18. The Kier molecular flexibility index (Phi) is 8.61. The molecule has 0 aromatic rings. The second kappa shape index (κ2) is 8.76. The molecular weight excluding hydrogens is 266 g/mol. The van der Waals surface area contributed by atoms with Gasteiger partial charge in [0.2, 0.25) is 0 Å². The second-order valence-electron chi connectivity index (χ2n) is 3.55. The SMILES string of the molecule is C=CCCCS(=O)(=O)CCN(CO)CS(=O)[O-]. The summed E-state index contributed by atoms with van der Waals surface area (Å²) in [6.45, 7) is 3.03. The van der Waals surface area contributed by atoms with E-state index >= 15 is 0 Å². The summed E-state index contributed by atoms with van der Waals surface area (Å²) in [4.78, 5) is 1.15. The van der Waals surface area contributed by atoms with Gasteiger partial charge in [0.1, 0.15) is 0 Å². The average molecular weight is 284 g/mol. The number of nitrogens with zero attached hydrogens (tertiary/aromatic N) is 1. The van der Waals surface area contributed by atoms with E-state index in [0.717, 1.165) is 4.90 Å². The monoisotopic (exact) mass is 284 g/mol. The van der Waals surface area contributed by atoms with E-state index in [2.05, 4.69) is 6.58 Å². The van der Waals surface area contributed by atoms with Crippen LogP contribution in [-0.2, 0) is 20.9 Å². The number of allylic oxidation sites excluding steroid dienone is 1. The number of aliphatic hydroxyl groups excluding tert-OH is 1. The predicted octanol–water partition coefficient (Wildman–Crippen LogP) is -0.544. The first-order chi connectivity index (χ1) is 7.91. The van der Waals surface area contributed by atoms with Crippen LogP contribution in [0.4, 0.5) is 0 Å². The number of aliphatic hydroxyl groups is 1. The zero-order chi connectivity index (χ0) is 13.3. The third kappa shape index (κ3) is 9.42. The number of hydrogen-bond acceptors (Lipinski definition) is 6. The third-order valence-corrected chi connectivity index (χ3v) is 4.36. The Morgan fingerprint density at radius 3 is 2.53 bits per heavy atom. The molecule has 6 nitrogen and oxygen atoms in total. The van der Waals surface area contributed by atoms with Gasteiger partial charge in [0, 0.05) is 6.54 Å². The molecule has 0 aromatic heterocycles. The highest BCUT2D eigenvalue weighted by molar-refractivity contribution is 7.91. The third-order valence-electron chi connectivity index (χ3n) is 2.07. The molecule has 1 unspecified atom stereocenters. The van der Waals surface area contributed by atoms with Crippen LogP contribution in [0.3, 0.4) is 0 Å². The Balaban J connectivity index is 4.05. The van der Waals surface area contributed by atoms with Gasteiger partial charge in [0.15, 0.2) is 9.84 Å². The van der Waals surface area contributed by atoms with Crippen molar-refractivity contribution in [2.45, 2.75) is 12.8 Å². The number of hydrogen-bond donors (Lipinski definition) is 1.